The van der Waals surface area contributed by atoms with Crippen molar-refractivity contribution >= 4 is 0 Å². The van der Waals surface area contributed by atoms with Crippen LogP contribution in [0.2, 0.25) is 0 Å². The van der Waals surface area contributed by atoms with E-state index >= 15 is 0 Å². The molecule has 0 atom stereocenters. The van der Waals surface area contributed by atoms with Crippen molar-refractivity contribution in [1.82, 2.24) is 25.0 Å². The lowest BCUT2D eigenvalue weighted by Gasteiger charge is -2.30. The number of rotatable bonds is 5. The van der Waals surface area contributed by atoms with Crippen molar-refractivity contribution in [2.24, 2.45) is 0 Å². The van der Waals surface area contributed by atoms with Crippen LogP contribution in [0.4, 0.5) is 0 Å². The molecule has 0 aromatic carbocycles. The van der Waals surface area contributed by atoms with Gasteiger partial charge in [0.15, 0.2) is 0 Å². The van der Waals surface area contributed by atoms with E-state index in [0.29, 0.717) is 11.7 Å². The van der Waals surface area contributed by atoms with E-state index in [9.17, 15) is 0 Å². The van der Waals surface area contributed by atoms with Gasteiger partial charge in [0.25, 0.3) is 0 Å². The number of hydrogen-bond acceptors (Lipinski definition) is 6. The van der Waals surface area contributed by atoms with Gasteiger partial charge in [-0.1, -0.05) is 11.2 Å². The Hall–Kier alpha value is -2.60. The molecule has 4 heterocycles. The van der Waals surface area contributed by atoms with E-state index < -0.39 is 0 Å². The van der Waals surface area contributed by atoms with E-state index in [4.69, 9.17) is 4.52 Å². The van der Waals surface area contributed by atoms with E-state index in [1.807, 2.05) is 30.6 Å². The first-order chi connectivity index (χ1) is 12.4. The zero-order valence-corrected chi connectivity index (χ0v) is 14.1. The second-order valence-electron chi connectivity index (χ2n) is 6.39. The van der Waals surface area contributed by atoms with Crippen molar-refractivity contribution in [2.75, 3.05) is 19.6 Å². The minimum absolute atomic E-state index is 0.349. The molecule has 3 aromatic heterocycles. The molecule has 0 radical (unpaired) electrons. The molecule has 0 N–H and O–H groups in total. The van der Waals surface area contributed by atoms with Crippen LogP contribution >= 0.6 is 0 Å². The van der Waals surface area contributed by atoms with Gasteiger partial charge in [0.1, 0.15) is 5.69 Å². The second kappa shape index (κ2) is 7.53. The lowest BCUT2D eigenvalue weighted by Crippen LogP contribution is -2.34. The fraction of sp³-hybridized carbons (Fsp3) is 0.368. The largest absolute Gasteiger partial charge is 0.339 e. The first-order valence-electron chi connectivity index (χ1n) is 8.75. The van der Waals surface area contributed by atoms with Crippen molar-refractivity contribution in [3.05, 3.63) is 60.4 Å². The Labute approximate surface area is 146 Å². The van der Waals surface area contributed by atoms with Crippen molar-refractivity contribution in [3.8, 4) is 11.5 Å². The monoisotopic (exact) mass is 335 g/mol. The summed E-state index contributed by atoms with van der Waals surface area (Å²) in [6, 6.07) is 9.89. The fourth-order valence-corrected chi connectivity index (χ4v) is 3.24. The zero-order chi connectivity index (χ0) is 16.9. The number of piperidine rings is 1. The Balaban J connectivity index is 1.31. The maximum Gasteiger partial charge on any atom is 0.230 e. The minimum Gasteiger partial charge on any atom is -0.339 e. The van der Waals surface area contributed by atoms with Crippen LogP contribution in [0.3, 0.4) is 0 Å². The smallest absolute Gasteiger partial charge is 0.230 e. The highest BCUT2D eigenvalue weighted by molar-refractivity contribution is 5.47. The number of nitrogens with zero attached hydrogens (tertiary/aromatic N) is 5. The van der Waals surface area contributed by atoms with Crippen LogP contribution in [0.25, 0.3) is 11.5 Å². The average molecular weight is 335 g/mol. The summed E-state index contributed by atoms with van der Waals surface area (Å²) >= 11 is 0. The zero-order valence-electron chi connectivity index (χ0n) is 14.1. The summed E-state index contributed by atoms with van der Waals surface area (Å²) < 4.78 is 5.50. The lowest BCUT2D eigenvalue weighted by atomic mass is 9.96. The van der Waals surface area contributed by atoms with Crippen LogP contribution in [-0.2, 0) is 6.42 Å². The van der Waals surface area contributed by atoms with Gasteiger partial charge in [-0.15, -0.1) is 0 Å². The van der Waals surface area contributed by atoms with Crippen molar-refractivity contribution in [2.45, 2.75) is 25.2 Å². The van der Waals surface area contributed by atoms with Gasteiger partial charge in [-0.05, 0) is 62.2 Å². The van der Waals surface area contributed by atoms with Gasteiger partial charge >= 0.3 is 0 Å². The minimum atomic E-state index is 0.349. The summed E-state index contributed by atoms with van der Waals surface area (Å²) in [6.07, 6.45) is 8.64. The normalized spacial score (nSPS) is 16.2. The van der Waals surface area contributed by atoms with Crippen molar-refractivity contribution in [1.29, 1.82) is 0 Å². The summed E-state index contributed by atoms with van der Waals surface area (Å²) in [4.78, 5) is 15.4. The average Bonchev–Trinajstić information content (AvgIpc) is 3.19. The van der Waals surface area contributed by atoms with Gasteiger partial charge in [0, 0.05) is 31.1 Å². The van der Waals surface area contributed by atoms with E-state index in [-0.39, 0.29) is 0 Å². The van der Waals surface area contributed by atoms with Gasteiger partial charge in [0.2, 0.25) is 11.7 Å². The maximum atomic E-state index is 5.50. The summed E-state index contributed by atoms with van der Waals surface area (Å²) in [5, 5.41) is 4.09. The number of pyridine rings is 2. The van der Waals surface area contributed by atoms with E-state index in [1.165, 1.54) is 5.56 Å². The molecule has 6 heteroatoms. The van der Waals surface area contributed by atoms with Crippen molar-refractivity contribution in [3.63, 3.8) is 0 Å². The third-order valence-electron chi connectivity index (χ3n) is 4.74. The van der Waals surface area contributed by atoms with Gasteiger partial charge in [-0.25, -0.2) is 0 Å². The molecule has 0 unspecified atom stereocenters. The standard InChI is InChI=1S/C19H21N5O/c1-2-9-21-17(3-1)18-22-19(25-23-18)16-7-13-24(14-8-16)12-6-15-4-10-20-11-5-15/h1-5,9-11,16H,6-8,12-14H2. The number of likely N-dealkylation sites (tertiary alicyclic amines) is 1. The van der Waals surface area contributed by atoms with Crippen LogP contribution in [0.5, 0.6) is 0 Å². The van der Waals surface area contributed by atoms with Crippen LogP contribution < -0.4 is 0 Å². The molecule has 3 aromatic rings. The molecule has 0 saturated carbocycles. The Kier molecular flexibility index (Phi) is 4.79. The maximum absolute atomic E-state index is 5.50. The molecule has 1 saturated heterocycles. The molecular weight excluding hydrogens is 314 g/mol. The molecule has 1 aliphatic heterocycles. The Morgan fingerprint density at radius 3 is 2.64 bits per heavy atom. The highest BCUT2D eigenvalue weighted by Gasteiger charge is 2.25. The molecule has 1 aliphatic rings. The molecular formula is C19H21N5O. The SMILES string of the molecule is c1ccc(-c2noc(C3CCN(CCc4ccncc4)CC3)n2)nc1. The molecule has 6 nitrogen and oxygen atoms in total. The fourth-order valence-electron chi connectivity index (χ4n) is 3.24. The number of aromatic nitrogens is 4. The Morgan fingerprint density at radius 2 is 1.88 bits per heavy atom. The van der Waals surface area contributed by atoms with Crippen LogP contribution in [0, 0.1) is 0 Å². The van der Waals surface area contributed by atoms with Gasteiger partial charge in [-0.3, -0.25) is 9.97 Å². The summed E-state index contributed by atoms with van der Waals surface area (Å²) in [6.45, 7) is 3.22. The highest BCUT2D eigenvalue weighted by atomic mass is 16.5. The quantitative estimate of drug-likeness (QED) is 0.714. The van der Waals surface area contributed by atoms with E-state index in [2.05, 4.69) is 37.1 Å². The van der Waals surface area contributed by atoms with Crippen molar-refractivity contribution < 1.29 is 4.52 Å². The first kappa shape index (κ1) is 15.9. The topological polar surface area (TPSA) is 67.9 Å². The third kappa shape index (κ3) is 3.91. The molecule has 0 spiro atoms. The first-order valence-corrected chi connectivity index (χ1v) is 8.75. The molecule has 0 amide bonds. The van der Waals surface area contributed by atoms with Gasteiger partial charge in [-0.2, -0.15) is 4.98 Å². The van der Waals surface area contributed by atoms with Gasteiger partial charge < -0.3 is 9.42 Å². The molecule has 0 aliphatic carbocycles. The number of hydrogen-bond donors (Lipinski definition) is 0. The Morgan fingerprint density at radius 1 is 1.04 bits per heavy atom. The predicted octanol–water partition coefficient (Wildman–Crippen LogP) is 2.95. The Bertz CT molecular complexity index is 782. The molecule has 1 fully saturated rings. The van der Waals surface area contributed by atoms with Crippen LogP contribution in [0.1, 0.15) is 30.2 Å². The molecule has 0 bridgehead atoms. The summed E-state index contributed by atoms with van der Waals surface area (Å²) in [5.41, 5.74) is 2.10. The second-order valence-corrected chi connectivity index (χ2v) is 6.39. The van der Waals surface area contributed by atoms with E-state index in [1.54, 1.807) is 6.20 Å². The summed E-state index contributed by atoms with van der Waals surface area (Å²) in [7, 11) is 0. The van der Waals surface area contributed by atoms with Crippen LogP contribution in [-0.4, -0.2) is 44.6 Å². The van der Waals surface area contributed by atoms with E-state index in [0.717, 1.165) is 50.5 Å². The van der Waals surface area contributed by atoms with Gasteiger partial charge in [0.05, 0.1) is 0 Å². The predicted molar refractivity (Wildman–Crippen MR) is 93.9 cm³/mol. The molecule has 4 rings (SSSR count). The third-order valence-corrected chi connectivity index (χ3v) is 4.74. The molecule has 128 valence electrons. The lowest BCUT2D eigenvalue weighted by molar-refractivity contribution is 0.196. The molecule has 25 heavy (non-hydrogen) atoms. The summed E-state index contributed by atoms with van der Waals surface area (Å²) in [5.74, 6) is 1.67. The van der Waals surface area contributed by atoms with Crippen LogP contribution in [0.15, 0.2) is 53.4 Å². The highest BCUT2D eigenvalue weighted by Crippen LogP contribution is 2.28.